The molecule has 0 aliphatic rings. The summed E-state index contributed by atoms with van der Waals surface area (Å²) in [6.45, 7) is 3.85. The van der Waals surface area contributed by atoms with E-state index in [0.29, 0.717) is 16.8 Å². The molecular formula is C21H18N6O3. The van der Waals surface area contributed by atoms with Crippen LogP contribution >= 0.6 is 0 Å². The van der Waals surface area contributed by atoms with Crippen molar-refractivity contribution in [1.82, 2.24) is 24.3 Å². The van der Waals surface area contributed by atoms with Crippen LogP contribution in [0.2, 0.25) is 0 Å². The number of hydrogen-bond acceptors (Lipinski definition) is 6. The zero-order valence-electron chi connectivity index (χ0n) is 16.4. The number of amides is 1. The van der Waals surface area contributed by atoms with Crippen LogP contribution in [0, 0.1) is 0 Å². The lowest BCUT2D eigenvalue weighted by Crippen LogP contribution is -2.27. The summed E-state index contributed by atoms with van der Waals surface area (Å²) in [5.41, 5.74) is 2.08. The Kier molecular flexibility index (Phi) is 4.09. The van der Waals surface area contributed by atoms with Gasteiger partial charge in [0, 0.05) is 16.8 Å². The van der Waals surface area contributed by atoms with Crippen molar-refractivity contribution in [3.05, 3.63) is 59.4 Å². The third kappa shape index (κ3) is 2.91. The van der Waals surface area contributed by atoms with Crippen LogP contribution in [0.5, 0.6) is 0 Å². The number of aromatic nitrogens is 5. The Bertz CT molecular complexity index is 1480. The van der Waals surface area contributed by atoms with Crippen LogP contribution in [-0.2, 0) is 11.3 Å². The molecule has 1 N–H and O–H groups in total. The van der Waals surface area contributed by atoms with Crippen molar-refractivity contribution in [2.45, 2.75) is 26.4 Å². The number of pyridine rings is 1. The summed E-state index contributed by atoms with van der Waals surface area (Å²) in [6.07, 6.45) is 4.65. The topological polar surface area (TPSA) is 108 Å². The van der Waals surface area contributed by atoms with E-state index >= 15 is 0 Å². The Hall–Kier alpha value is -4.01. The van der Waals surface area contributed by atoms with Gasteiger partial charge in [-0.15, -0.1) is 0 Å². The van der Waals surface area contributed by atoms with Gasteiger partial charge in [0.15, 0.2) is 5.65 Å². The number of nitrogens with one attached hydrogen (secondary N) is 1. The highest BCUT2D eigenvalue weighted by molar-refractivity contribution is 6.01. The van der Waals surface area contributed by atoms with Gasteiger partial charge in [-0.05, 0) is 32.0 Å². The third-order valence-electron chi connectivity index (χ3n) is 4.87. The van der Waals surface area contributed by atoms with E-state index in [1.54, 1.807) is 24.5 Å². The molecule has 4 aromatic heterocycles. The molecule has 0 aliphatic heterocycles. The molecule has 150 valence electrons. The Morgan fingerprint density at radius 1 is 1.20 bits per heavy atom. The average molecular weight is 402 g/mol. The maximum atomic E-state index is 12.8. The summed E-state index contributed by atoms with van der Waals surface area (Å²) in [5.74, 6) is -0.369. The molecule has 4 heterocycles. The summed E-state index contributed by atoms with van der Waals surface area (Å²) in [5, 5.41) is 8.67. The van der Waals surface area contributed by atoms with Crippen molar-refractivity contribution in [2.24, 2.45) is 0 Å². The lowest BCUT2D eigenvalue weighted by molar-refractivity contribution is -0.116. The molecule has 30 heavy (non-hydrogen) atoms. The highest BCUT2D eigenvalue weighted by Gasteiger charge is 2.15. The third-order valence-corrected chi connectivity index (χ3v) is 4.87. The number of benzene rings is 1. The molecule has 9 heteroatoms. The Morgan fingerprint density at radius 2 is 2.03 bits per heavy atom. The van der Waals surface area contributed by atoms with Gasteiger partial charge in [0.1, 0.15) is 17.6 Å². The first-order valence-electron chi connectivity index (χ1n) is 9.51. The molecule has 5 rings (SSSR count). The summed E-state index contributed by atoms with van der Waals surface area (Å²) >= 11 is 0. The second-order valence-corrected chi connectivity index (χ2v) is 7.32. The molecule has 0 spiro atoms. The minimum atomic E-state index is -0.405. The number of anilines is 1. The molecule has 9 nitrogen and oxygen atoms in total. The van der Waals surface area contributed by atoms with E-state index in [1.807, 2.05) is 36.7 Å². The minimum absolute atomic E-state index is 0.135. The van der Waals surface area contributed by atoms with Gasteiger partial charge in [-0.1, -0.05) is 12.1 Å². The maximum absolute atomic E-state index is 12.8. The Labute approximate surface area is 170 Å². The van der Waals surface area contributed by atoms with Crippen LogP contribution in [0.4, 0.5) is 5.69 Å². The Balaban J connectivity index is 1.40. The van der Waals surface area contributed by atoms with Crippen molar-refractivity contribution in [1.29, 1.82) is 0 Å². The van der Waals surface area contributed by atoms with E-state index in [1.165, 1.54) is 10.9 Å². The van der Waals surface area contributed by atoms with Crippen molar-refractivity contribution < 1.29 is 9.21 Å². The molecule has 0 saturated heterocycles. The standard InChI is InChI=1S/C21H18N6O3/c1-12(2)27-20-13(8-24-27)7-14(9-22-20)25-17(28)10-26-11-23-18-15-5-3-4-6-16(15)30-19(18)21(26)29/h3-9,11-12H,10H2,1-2H3,(H,25,28). The van der Waals surface area contributed by atoms with Gasteiger partial charge in [0.05, 0.1) is 24.4 Å². The first kappa shape index (κ1) is 18.0. The van der Waals surface area contributed by atoms with Crippen LogP contribution < -0.4 is 10.9 Å². The van der Waals surface area contributed by atoms with E-state index < -0.39 is 5.56 Å². The van der Waals surface area contributed by atoms with Gasteiger partial charge in [-0.25, -0.2) is 14.6 Å². The second kappa shape index (κ2) is 6.80. The molecule has 1 aromatic carbocycles. The van der Waals surface area contributed by atoms with Crippen LogP contribution in [-0.4, -0.2) is 30.2 Å². The van der Waals surface area contributed by atoms with Gasteiger partial charge < -0.3 is 9.73 Å². The summed E-state index contributed by atoms with van der Waals surface area (Å²) in [7, 11) is 0. The predicted octanol–water partition coefficient (Wildman–Crippen LogP) is 3.11. The quantitative estimate of drug-likeness (QED) is 0.495. The molecule has 0 fully saturated rings. The van der Waals surface area contributed by atoms with E-state index in [4.69, 9.17) is 4.42 Å². The number of furan rings is 1. The van der Waals surface area contributed by atoms with E-state index in [9.17, 15) is 9.59 Å². The number of para-hydroxylation sites is 1. The number of fused-ring (bicyclic) bond motifs is 4. The molecule has 0 atom stereocenters. The van der Waals surface area contributed by atoms with Gasteiger partial charge in [0.25, 0.3) is 5.56 Å². The number of nitrogens with zero attached hydrogens (tertiary/aromatic N) is 5. The molecule has 0 unspecified atom stereocenters. The second-order valence-electron chi connectivity index (χ2n) is 7.32. The number of rotatable bonds is 4. The van der Waals surface area contributed by atoms with Crippen molar-refractivity contribution >= 4 is 44.7 Å². The van der Waals surface area contributed by atoms with Crippen LogP contribution in [0.1, 0.15) is 19.9 Å². The molecule has 0 aliphatic carbocycles. The first-order valence-corrected chi connectivity index (χ1v) is 9.51. The van der Waals surface area contributed by atoms with E-state index in [-0.39, 0.29) is 24.1 Å². The maximum Gasteiger partial charge on any atom is 0.297 e. The number of carbonyl (C=O) groups excluding carboxylic acids is 1. The number of hydrogen-bond donors (Lipinski definition) is 1. The van der Waals surface area contributed by atoms with Gasteiger partial charge >= 0.3 is 0 Å². The average Bonchev–Trinajstić information content (AvgIpc) is 3.31. The molecule has 0 saturated carbocycles. The van der Waals surface area contributed by atoms with Gasteiger partial charge in [-0.3, -0.25) is 14.2 Å². The van der Waals surface area contributed by atoms with Gasteiger partial charge in [0.2, 0.25) is 11.5 Å². The zero-order valence-corrected chi connectivity index (χ0v) is 16.4. The lowest BCUT2D eigenvalue weighted by Gasteiger charge is -2.08. The molecule has 5 aromatic rings. The fraction of sp³-hybridized carbons (Fsp3) is 0.190. The fourth-order valence-corrected chi connectivity index (χ4v) is 3.47. The van der Waals surface area contributed by atoms with Crippen LogP contribution in [0.3, 0.4) is 0 Å². The molecule has 0 radical (unpaired) electrons. The number of carbonyl (C=O) groups is 1. The predicted molar refractivity (Wildman–Crippen MR) is 112 cm³/mol. The summed E-state index contributed by atoms with van der Waals surface area (Å²) in [6, 6.07) is 9.28. The van der Waals surface area contributed by atoms with Crippen LogP contribution in [0.15, 0.2) is 58.3 Å². The fourth-order valence-electron chi connectivity index (χ4n) is 3.47. The van der Waals surface area contributed by atoms with Crippen molar-refractivity contribution in [3.63, 3.8) is 0 Å². The first-order chi connectivity index (χ1) is 14.5. The van der Waals surface area contributed by atoms with Gasteiger partial charge in [-0.2, -0.15) is 5.10 Å². The molecule has 1 amide bonds. The highest BCUT2D eigenvalue weighted by atomic mass is 16.3. The van der Waals surface area contributed by atoms with Crippen molar-refractivity contribution in [2.75, 3.05) is 5.32 Å². The minimum Gasteiger partial charge on any atom is -0.448 e. The lowest BCUT2D eigenvalue weighted by atomic mass is 10.2. The summed E-state index contributed by atoms with van der Waals surface area (Å²) < 4.78 is 8.69. The van der Waals surface area contributed by atoms with Crippen LogP contribution in [0.25, 0.3) is 33.1 Å². The zero-order chi connectivity index (χ0) is 20.8. The molecule has 0 bridgehead atoms. The van der Waals surface area contributed by atoms with E-state index in [2.05, 4.69) is 20.4 Å². The highest BCUT2D eigenvalue weighted by Crippen LogP contribution is 2.24. The van der Waals surface area contributed by atoms with E-state index in [0.717, 1.165) is 16.4 Å². The Morgan fingerprint density at radius 3 is 2.87 bits per heavy atom. The molecular weight excluding hydrogens is 384 g/mol. The van der Waals surface area contributed by atoms with Crippen molar-refractivity contribution in [3.8, 4) is 0 Å². The SMILES string of the molecule is CC(C)n1ncc2cc(NC(=O)Cn3cnc4c(oc5ccccc54)c3=O)cnc21. The smallest absolute Gasteiger partial charge is 0.297 e. The monoisotopic (exact) mass is 402 g/mol. The summed E-state index contributed by atoms with van der Waals surface area (Å²) in [4.78, 5) is 34.0. The largest absolute Gasteiger partial charge is 0.448 e. The normalized spacial score (nSPS) is 11.7.